The van der Waals surface area contributed by atoms with Gasteiger partial charge in [0.2, 0.25) is 5.91 Å². The zero-order valence-corrected chi connectivity index (χ0v) is 13.0. The van der Waals surface area contributed by atoms with Crippen LogP contribution in [0.4, 0.5) is 5.69 Å². The number of nitrogens with one attached hydrogen (secondary N) is 1. The van der Waals surface area contributed by atoms with Crippen LogP contribution in [0.25, 0.3) is 10.8 Å². The molecule has 0 spiro atoms. The highest BCUT2D eigenvalue weighted by atomic mass is 16.4. The molecule has 0 heterocycles. The molecule has 0 aliphatic carbocycles. The molecule has 0 saturated carbocycles. The summed E-state index contributed by atoms with van der Waals surface area (Å²) in [5.74, 6) is -2.07. The van der Waals surface area contributed by atoms with E-state index in [1.807, 2.05) is 0 Å². The van der Waals surface area contributed by atoms with Crippen molar-refractivity contribution < 1.29 is 19.5 Å². The third kappa shape index (κ3) is 3.18. The van der Waals surface area contributed by atoms with E-state index < -0.39 is 17.8 Å². The molecule has 3 rings (SSSR count). The molecule has 0 aromatic heterocycles. The Kier molecular flexibility index (Phi) is 4.18. The molecule has 6 heteroatoms. The van der Waals surface area contributed by atoms with E-state index in [1.165, 1.54) is 24.3 Å². The summed E-state index contributed by atoms with van der Waals surface area (Å²) in [6, 6.07) is 16.0. The van der Waals surface area contributed by atoms with Gasteiger partial charge in [-0.05, 0) is 41.8 Å². The summed E-state index contributed by atoms with van der Waals surface area (Å²) in [4.78, 5) is 35.2. The Morgan fingerprint density at radius 2 is 1.44 bits per heavy atom. The lowest BCUT2D eigenvalue weighted by Crippen LogP contribution is -2.16. The van der Waals surface area contributed by atoms with E-state index in [2.05, 4.69) is 5.32 Å². The fourth-order valence-corrected chi connectivity index (χ4v) is 2.63. The van der Waals surface area contributed by atoms with E-state index in [4.69, 9.17) is 10.8 Å². The van der Waals surface area contributed by atoms with Gasteiger partial charge in [-0.15, -0.1) is 0 Å². The summed E-state index contributed by atoms with van der Waals surface area (Å²) >= 11 is 0. The number of nitrogens with two attached hydrogens (primary N) is 1. The molecule has 0 radical (unpaired) electrons. The first kappa shape index (κ1) is 16.2. The van der Waals surface area contributed by atoms with Crippen molar-refractivity contribution in [3.05, 3.63) is 77.4 Å². The average molecular weight is 334 g/mol. The number of amides is 2. The van der Waals surface area contributed by atoms with Crippen molar-refractivity contribution >= 4 is 34.2 Å². The van der Waals surface area contributed by atoms with Crippen LogP contribution in [0.15, 0.2) is 60.7 Å². The molecule has 124 valence electrons. The van der Waals surface area contributed by atoms with Crippen molar-refractivity contribution in [3.8, 4) is 0 Å². The summed E-state index contributed by atoms with van der Waals surface area (Å²) in [7, 11) is 0. The second-order valence-electron chi connectivity index (χ2n) is 5.41. The quantitative estimate of drug-likeness (QED) is 0.681. The van der Waals surface area contributed by atoms with Crippen LogP contribution >= 0.6 is 0 Å². The SMILES string of the molecule is NC(=O)c1cccc2cccc(C(=O)Nc3ccc(C(=O)O)cc3)c12. The second kappa shape index (κ2) is 6.45. The number of rotatable bonds is 4. The van der Waals surface area contributed by atoms with Gasteiger partial charge in [0, 0.05) is 22.2 Å². The van der Waals surface area contributed by atoms with Gasteiger partial charge in [0.1, 0.15) is 0 Å². The predicted molar refractivity (Wildman–Crippen MR) is 93.8 cm³/mol. The lowest BCUT2D eigenvalue weighted by molar-refractivity contribution is 0.0696. The predicted octanol–water partition coefficient (Wildman–Crippen LogP) is 2.89. The van der Waals surface area contributed by atoms with Crippen molar-refractivity contribution in [1.29, 1.82) is 0 Å². The molecular formula is C19H14N2O4. The van der Waals surface area contributed by atoms with E-state index in [1.54, 1.807) is 36.4 Å². The number of primary amides is 1. The third-order valence-electron chi connectivity index (χ3n) is 3.80. The molecule has 0 aliphatic heterocycles. The molecule has 4 N–H and O–H groups in total. The Hall–Kier alpha value is -3.67. The summed E-state index contributed by atoms with van der Waals surface area (Å²) in [5, 5.41) is 12.8. The van der Waals surface area contributed by atoms with Gasteiger partial charge in [-0.25, -0.2) is 4.79 Å². The van der Waals surface area contributed by atoms with Crippen molar-refractivity contribution in [2.45, 2.75) is 0 Å². The van der Waals surface area contributed by atoms with Crippen LogP contribution < -0.4 is 11.1 Å². The Balaban J connectivity index is 2.00. The number of carbonyl (C=O) groups is 3. The number of carboxylic acids is 1. The van der Waals surface area contributed by atoms with Gasteiger partial charge in [0.05, 0.1) is 5.56 Å². The van der Waals surface area contributed by atoms with Crippen molar-refractivity contribution in [1.82, 2.24) is 0 Å². The summed E-state index contributed by atoms with van der Waals surface area (Å²) < 4.78 is 0. The largest absolute Gasteiger partial charge is 0.478 e. The zero-order chi connectivity index (χ0) is 18.0. The minimum atomic E-state index is -1.04. The molecular weight excluding hydrogens is 320 g/mol. The van der Waals surface area contributed by atoms with Gasteiger partial charge in [-0.1, -0.05) is 24.3 Å². The van der Waals surface area contributed by atoms with Crippen LogP contribution in [0.2, 0.25) is 0 Å². The van der Waals surface area contributed by atoms with Crippen molar-refractivity contribution in [2.75, 3.05) is 5.32 Å². The number of benzene rings is 3. The smallest absolute Gasteiger partial charge is 0.335 e. The lowest BCUT2D eigenvalue weighted by Gasteiger charge is -2.11. The highest BCUT2D eigenvalue weighted by Crippen LogP contribution is 2.24. The van der Waals surface area contributed by atoms with Gasteiger partial charge in [-0.2, -0.15) is 0 Å². The maximum atomic E-state index is 12.6. The molecule has 0 bridgehead atoms. The molecule has 25 heavy (non-hydrogen) atoms. The van der Waals surface area contributed by atoms with Gasteiger partial charge in [0.15, 0.2) is 0 Å². The fraction of sp³-hybridized carbons (Fsp3) is 0. The highest BCUT2D eigenvalue weighted by Gasteiger charge is 2.15. The maximum Gasteiger partial charge on any atom is 0.335 e. The monoisotopic (exact) mass is 334 g/mol. The number of fused-ring (bicyclic) bond motifs is 1. The minimum absolute atomic E-state index is 0.124. The Labute approximate surface area is 142 Å². The topological polar surface area (TPSA) is 109 Å². The standard InChI is InChI=1S/C19H14N2O4/c20-17(22)14-5-1-3-11-4-2-6-15(16(11)14)18(23)21-13-9-7-12(8-10-13)19(24)25/h1-10H,(H2,20,22)(H,21,23)(H,24,25). The van der Waals surface area contributed by atoms with Gasteiger partial charge in [0.25, 0.3) is 5.91 Å². The molecule has 0 unspecified atom stereocenters. The highest BCUT2D eigenvalue weighted by molar-refractivity contribution is 6.18. The normalized spacial score (nSPS) is 10.4. The number of aromatic carboxylic acids is 1. The van der Waals surface area contributed by atoms with Gasteiger partial charge in [-0.3, -0.25) is 9.59 Å². The Morgan fingerprint density at radius 1 is 0.840 bits per heavy atom. The second-order valence-corrected chi connectivity index (χ2v) is 5.41. The van der Waals surface area contributed by atoms with Gasteiger partial charge < -0.3 is 16.2 Å². The fourth-order valence-electron chi connectivity index (χ4n) is 2.63. The number of hydrogen-bond acceptors (Lipinski definition) is 3. The Morgan fingerprint density at radius 3 is 2.00 bits per heavy atom. The van der Waals surface area contributed by atoms with Crippen LogP contribution in [-0.4, -0.2) is 22.9 Å². The van der Waals surface area contributed by atoms with E-state index in [-0.39, 0.29) is 11.1 Å². The van der Waals surface area contributed by atoms with Crippen LogP contribution in [0, 0.1) is 0 Å². The summed E-state index contributed by atoms with van der Waals surface area (Å²) in [5.41, 5.74) is 6.57. The lowest BCUT2D eigenvalue weighted by atomic mass is 9.98. The van der Waals surface area contributed by atoms with E-state index in [0.29, 0.717) is 16.6 Å². The summed E-state index contributed by atoms with van der Waals surface area (Å²) in [6.07, 6.45) is 0. The van der Waals surface area contributed by atoms with Crippen molar-refractivity contribution in [2.24, 2.45) is 5.73 Å². The first-order valence-corrected chi connectivity index (χ1v) is 7.43. The molecule has 0 aliphatic rings. The van der Waals surface area contributed by atoms with Crippen molar-refractivity contribution in [3.63, 3.8) is 0 Å². The number of hydrogen-bond donors (Lipinski definition) is 3. The number of carbonyl (C=O) groups excluding carboxylic acids is 2. The maximum absolute atomic E-state index is 12.6. The van der Waals surface area contributed by atoms with Gasteiger partial charge >= 0.3 is 5.97 Å². The molecule has 0 saturated heterocycles. The number of carboxylic acid groups (broad SMARTS) is 1. The minimum Gasteiger partial charge on any atom is -0.478 e. The van der Waals surface area contributed by atoms with Crippen LogP contribution in [-0.2, 0) is 0 Å². The van der Waals surface area contributed by atoms with Crippen LogP contribution in [0.1, 0.15) is 31.1 Å². The van der Waals surface area contributed by atoms with E-state index in [0.717, 1.165) is 5.39 Å². The average Bonchev–Trinajstić information content (AvgIpc) is 2.61. The molecule has 3 aromatic carbocycles. The molecule has 3 aromatic rings. The van der Waals surface area contributed by atoms with Crippen LogP contribution in [0.3, 0.4) is 0 Å². The molecule has 0 atom stereocenters. The number of anilines is 1. The van der Waals surface area contributed by atoms with E-state index in [9.17, 15) is 14.4 Å². The van der Waals surface area contributed by atoms with Crippen LogP contribution in [0.5, 0.6) is 0 Å². The first-order valence-electron chi connectivity index (χ1n) is 7.43. The van der Waals surface area contributed by atoms with E-state index >= 15 is 0 Å². The zero-order valence-electron chi connectivity index (χ0n) is 13.0. The third-order valence-corrected chi connectivity index (χ3v) is 3.80. The molecule has 2 amide bonds. The summed E-state index contributed by atoms with van der Waals surface area (Å²) in [6.45, 7) is 0. The Bertz CT molecular complexity index is 989. The molecule has 6 nitrogen and oxygen atoms in total. The first-order chi connectivity index (χ1) is 12.0. The molecule has 0 fully saturated rings.